The summed E-state index contributed by atoms with van der Waals surface area (Å²) in [5.74, 6) is 0. The monoisotopic (exact) mass is 395 g/mol. The van der Waals surface area contributed by atoms with Crippen molar-refractivity contribution in [3.63, 3.8) is 0 Å². The normalized spacial score (nSPS) is 16.0. The topological polar surface area (TPSA) is 48.2 Å². The van der Waals surface area contributed by atoms with E-state index in [1.54, 1.807) is 0 Å². The molecule has 0 radical (unpaired) electrons. The second-order valence-corrected chi connectivity index (χ2v) is 7.47. The number of hydrogen-bond acceptors (Lipinski definition) is 3. The summed E-state index contributed by atoms with van der Waals surface area (Å²) in [5, 5.41) is 10.5. The molecule has 20 heavy (non-hydrogen) atoms. The number of amidine groups is 1. The fourth-order valence-corrected chi connectivity index (χ4v) is 3.44. The van der Waals surface area contributed by atoms with Crippen LogP contribution in [0.2, 0.25) is 0 Å². The van der Waals surface area contributed by atoms with E-state index in [-0.39, 0.29) is 16.9 Å². The lowest BCUT2D eigenvalue weighted by Crippen LogP contribution is -2.12. The molecule has 0 aromatic heterocycles. The van der Waals surface area contributed by atoms with Crippen LogP contribution in [0.5, 0.6) is 0 Å². The molecule has 1 aromatic carbocycles. The van der Waals surface area contributed by atoms with Crippen LogP contribution in [0.1, 0.15) is 0 Å². The third-order valence-corrected chi connectivity index (χ3v) is 4.62. The van der Waals surface area contributed by atoms with Gasteiger partial charge in [0.05, 0.1) is 5.69 Å². The zero-order chi connectivity index (χ0) is 15.7. The molecule has 1 N–H and O–H groups in total. The Morgan fingerprint density at radius 1 is 1.35 bits per heavy atom. The van der Waals surface area contributed by atoms with Crippen molar-refractivity contribution < 1.29 is 19.4 Å². The highest BCUT2D eigenvalue weighted by atomic mass is 79.9. The molecular formula is C9H7BrF5N3S2. The molecule has 0 aliphatic rings. The second kappa shape index (κ2) is 4.78. The molecule has 0 fully saturated rings. The summed E-state index contributed by atoms with van der Waals surface area (Å²) in [6.07, 6.45) is 3.06. The van der Waals surface area contributed by atoms with E-state index in [9.17, 15) is 19.4 Å². The fourth-order valence-electron chi connectivity index (χ4n) is 1.15. The molecule has 3 nitrogen and oxygen atoms in total. The van der Waals surface area contributed by atoms with Gasteiger partial charge < -0.3 is 0 Å². The molecule has 0 saturated heterocycles. The van der Waals surface area contributed by atoms with Gasteiger partial charge >= 0.3 is 10.2 Å². The van der Waals surface area contributed by atoms with Gasteiger partial charge in [-0.1, -0.05) is 31.2 Å². The van der Waals surface area contributed by atoms with E-state index in [0.29, 0.717) is 0 Å². The van der Waals surface area contributed by atoms with Gasteiger partial charge in [0.15, 0.2) is 11.4 Å². The molecule has 1 rings (SSSR count). The van der Waals surface area contributed by atoms with Crippen LogP contribution in [0.4, 0.5) is 25.1 Å². The number of hydrogen-bond donors (Lipinski definition) is 1. The first-order valence-corrected chi connectivity index (χ1v) is 8.65. The van der Waals surface area contributed by atoms with Gasteiger partial charge in [-0.25, -0.2) is 4.99 Å². The van der Waals surface area contributed by atoms with Crippen LogP contribution < -0.4 is 5.32 Å². The quantitative estimate of drug-likeness (QED) is 0.235. The second-order valence-electron chi connectivity index (χ2n) is 3.44. The summed E-state index contributed by atoms with van der Waals surface area (Å²) in [7, 11) is -9.81. The molecule has 0 bridgehead atoms. The van der Waals surface area contributed by atoms with Crippen LogP contribution in [-0.4, -0.2) is 11.4 Å². The minimum atomic E-state index is -9.81. The van der Waals surface area contributed by atoms with Gasteiger partial charge in [-0.15, -0.1) is 0 Å². The summed E-state index contributed by atoms with van der Waals surface area (Å²) in [4.78, 5) is 1.60. The number of halogens is 6. The van der Waals surface area contributed by atoms with E-state index >= 15 is 0 Å². The predicted octanol–water partition coefficient (Wildman–Crippen LogP) is 5.53. The Balaban J connectivity index is 3.42. The van der Waals surface area contributed by atoms with Gasteiger partial charge in [0.2, 0.25) is 0 Å². The molecule has 1 aromatic rings. The van der Waals surface area contributed by atoms with E-state index in [1.165, 1.54) is 12.4 Å². The SMILES string of the molecule is CSC(=Nc1ccc(Br)c(S(F)(F)(F)(F)F)c1)NC#N. The van der Waals surface area contributed by atoms with E-state index in [4.69, 9.17) is 5.26 Å². The van der Waals surface area contributed by atoms with Crippen molar-refractivity contribution in [2.75, 3.05) is 6.26 Å². The Hall–Kier alpha value is -0.990. The average molecular weight is 396 g/mol. The van der Waals surface area contributed by atoms with Crippen LogP contribution in [0.25, 0.3) is 0 Å². The van der Waals surface area contributed by atoms with Gasteiger partial charge in [0, 0.05) is 4.47 Å². The first-order valence-electron chi connectivity index (χ1n) is 4.69. The molecule has 112 valence electrons. The highest BCUT2D eigenvalue weighted by molar-refractivity contribution is 9.10. The molecule has 0 heterocycles. The Kier molecular flexibility index (Phi) is 4.08. The minimum absolute atomic E-state index is 0.0112. The van der Waals surface area contributed by atoms with Crippen LogP contribution in [0.15, 0.2) is 32.6 Å². The number of rotatable bonds is 2. The molecule has 11 heteroatoms. The van der Waals surface area contributed by atoms with Crippen molar-refractivity contribution in [1.82, 2.24) is 5.32 Å². The third kappa shape index (κ3) is 4.53. The zero-order valence-corrected chi connectivity index (χ0v) is 12.9. The average Bonchev–Trinajstić information content (AvgIpc) is 2.27. The first-order chi connectivity index (χ1) is 8.87. The highest BCUT2D eigenvalue weighted by Gasteiger charge is 2.66. The molecule has 0 spiro atoms. The summed E-state index contributed by atoms with van der Waals surface area (Å²) in [6, 6.07) is 2.18. The highest BCUT2D eigenvalue weighted by Crippen LogP contribution is 3.02. The first kappa shape index (κ1) is 17.1. The zero-order valence-electron chi connectivity index (χ0n) is 9.71. The minimum Gasteiger partial charge on any atom is -0.271 e. The van der Waals surface area contributed by atoms with Crippen molar-refractivity contribution in [2.24, 2.45) is 4.99 Å². The van der Waals surface area contributed by atoms with Crippen LogP contribution >= 0.6 is 37.9 Å². The third-order valence-electron chi connectivity index (χ3n) is 1.92. The van der Waals surface area contributed by atoms with E-state index in [1.807, 2.05) is 0 Å². The lowest BCUT2D eigenvalue weighted by Gasteiger charge is -2.41. The van der Waals surface area contributed by atoms with Gasteiger partial charge in [-0.2, -0.15) is 5.26 Å². The summed E-state index contributed by atoms with van der Waals surface area (Å²) in [6.45, 7) is 0. The van der Waals surface area contributed by atoms with Crippen molar-refractivity contribution >= 4 is 48.8 Å². The summed E-state index contributed by atoms with van der Waals surface area (Å²) in [5.41, 5.74) is -0.344. The maximum atomic E-state index is 12.8. The van der Waals surface area contributed by atoms with E-state index < -0.39 is 19.6 Å². The standard InChI is InChI=1S/C9H7BrF5N3S2/c1-19-9(17-5-16)18-6-2-3-7(10)8(4-6)20(11,12,13,14)15/h2-4H,1H3,(H,17,18). The Bertz CT molecular complexity index is 608. The van der Waals surface area contributed by atoms with E-state index in [0.717, 1.165) is 23.9 Å². The maximum Gasteiger partial charge on any atom is 0.311 e. The summed E-state index contributed by atoms with van der Waals surface area (Å²) < 4.78 is 63.3. The van der Waals surface area contributed by atoms with Gasteiger partial charge in [-0.05, 0) is 40.4 Å². The van der Waals surface area contributed by atoms with Crippen LogP contribution in [0, 0.1) is 11.5 Å². The molecule has 0 saturated carbocycles. The Morgan fingerprint density at radius 2 is 1.95 bits per heavy atom. The number of aliphatic imine (C=N–C) groups is 1. The molecule has 0 unspecified atom stereocenters. The van der Waals surface area contributed by atoms with Crippen molar-refractivity contribution in [3.8, 4) is 6.19 Å². The molecule has 0 aliphatic carbocycles. The van der Waals surface area contributed by atoms with Crippen molar-refractivity contribution in [1.29, 1.82) is 5.26 Å². The van der Waals surface area contributed by atoms with Crippen molar-refractivity contribution in [3.05, 3.63) is 22.7 Å². The molecule has 0 aliphatic heterocycles. The largest absolute Gasteiger partial charge is 0.311 e. The number of thioether (sulfide) groups is 1. The molecule has 0 amide bonds. The fraction of sp³-hybridized carbons (Fsp3) is 0.111. The summed E-state index contributed by atoms with van der Waals surface area (Å²) >= 11 is 3.41. The van der Waals surface area contributed by atoms with Gasteiger partial charge in [-0.3, -0.25) is 5.32 Å². The molecule has 0 atom stereocenters. The molecular weight excluding hydrogens is 389 g/mol. The number of nitriles is 1. The van der Waals surface area contributed by atoms with Crippen LogP contribution in [0.3, 0.4) is 0 Å². The predicted molar refractivity (Wildman–Crippen MR) is 74.9 cm³/mol. The number of nitrogens with zero attached hydrogens (tertiary/aromatic N) is 2. The van der Waals surface area contributed by atoms with Gasteiger partial charge in [0.25, 0.3) is 0 Å². The number of benzene rings is 1. The van der Waals surface area contributed by atoms with E-state index in [2.05, 4.69) is 26.2 Å². The lowest BCUT2D eigenvalue weighted by atomic mass is 10.3. The Morgan fingerprint density at radius 3 is 2.40 bits per heavy atom. The van der Waals surface area contributed by atoms with Gasteiger partial charge in [0.1, 0.15) is 4.90 Å². The maximum absolute atomic E-state index is 12.8. The Labute approximate surface area is 124 Å². The number of nitrogens with one attached hydrogen (secondary N) is 1. The van der Waals surface area contributed by atoms with Crippen LogP contribution in [-0.2, 0) is 0 Å². The lowest BCUT2D eigenvalue weighted by molar-refractivity contribution is 0.363. The smallest absolute Gasteiger partial charge is 0.271 e. The van der Waals surface area contributed by atoms with Crippen molar-refractivity contribution in [2.45, 2.75) is 4.90 Å².